The summed E-state index contributed by atoms with van der Waals surface area (Å²) in [5.41, 5.74) is 1.14. The van der Waals surface area contributed by atoms with Gasteiger partial charge in [-0.1, -0.05) is 6.07 Å². The lowest BCUT2D eigenvalue weighted by molar-refractivity contribution is 0.393. The highest BCUT2D eigenvalue weighted by Crippen LogP contribution is 2.16. The number of aryl methyl sites for hydroxylation is 1. The second kappa shape index (κ2) is 5.23. The molecule has 2 N–H and O–H groups in total. The molecule has 3 aromatic heterocycles. The van der Waals surface area contributed by atoms with Crippen LogP contribution in [-0.2, 0) is 6.54 Å². The van der Waals surface area contributed by atoms with Crippen LogP contribution in [0.4, 0.5) is 5.82 Å². The van der Waals surface area contributed by atoms with Crippen molar-refractivity contribution in [3.63, 3.8) is 0 Å². The van der Waals surface area contributed by atoms with Crippen molar-refractivity contribution in [2.24, 2.45) is 0 Å². The highest BCUT2D eigenvalue weighted by molar-refractivity contribution is 5.50. The van der Waals surface area contributed by atoms with Gasteiger partial charge in [0.25, 0.3) is 0 Å². The van der Waals surface area contributed by atoms with E-state index in [9.17, 15) is 4.79 Å². The van der Waals surface area contributed by atoms with Crippen molar-refractivity contribution >= 4 is 11.5 Å². The number of anilines is 1. The zero-order chi connectivity index (χ0) is 14.8. The molecule has 3 rings (SSSR count). The minimum atomic E-state index is -0.296. The van der Waals surface area contributed by atoms with Gasteiger partial charge >= 0.3 is 5.69 Å². The standard InChI is InChI=1S/C13H14N6O2/c1-8-16-10(6-11-17-18-13(20)19(8)11)15-7-9-4-3-5-14-12(9)21-2/h3-6,15H,7H2,1-2H3,(H,18,20). The Morgan fingerprint density at radius 3 is 3.14 bits per heavy atom. The van der Waals surface area contributed by atoms with Gasteiger partial charge in [0.05, 0.1) is 7.11 Å². The van der Waals surface area contributed by atoms with Crippen LogP contribution in [0, 0.1) is 6.92 Å². The number of nitrogens with one attached hydrogen (secondary N) is 2. The van der Waals surface area contributed by atoms with Gasteiger partial charge in [-0.2, -0.15) is 5.10 Å². The summed E-state index contributed by atoms with van der Waals surface area (Å²) in [6.07, 6.45) is 1.67. The van der Waals surface area contributed by atoms with E-state index in [-0.39, 0.29) is 5.69 Å². The fraction of sp³-hybridized carbons (Fsp3) is 0.231. The lowest BCUT2D eigenvalue weighted by atomic mass is 10.2. The topological polar surface area (TPSA) is 97.2 Å². The van der Waals surface area contributed by atoms with Crippen LogP contribution in [0.15, 0.2) is 29.2 Å². The molecule has 0 aliphatic carbocycles. The number of rotatable bonds is 4. The maximum absolute atomic E-state index is 11.5. The number of aromatic nitrogens is 5. The average molecular weight is 286 g/mol. The van der Waals surface area contributed by atoms with Crippen LogP contribution in [0.3, 0.4) is 0 Å². The molecule has 8 nitrogen and oxygen atoms in total. The predicted molar refractivity (Wildman–Crippen MR) is 76.5 cm³/mol. The summed E-state index contributed by atoms with van der Waals surface area (Å²) >= 11 is 0. The number of pyridine rings is 1. The molecule has 0 unspecified atom stereocenters. The molecule has 0 aliphatic rings. The van der Waals surface area contributed by atoms with E-state index >= 15 is 0 Å². The molecule has 0 atom stereocenters. The van der Waals surface area contributed by atoms with E-state index in [1.54, 1.807) is 26.3 Å². The van der Waals surface area contributed by atoms with Gasteiger partial charge < -0.3 is 10.1 Å². The highest BCUT2D eigenvalue weighted by atomic mass is 16.5. The smallest absolute Gasteiger partial charge is 0.349 e. The minimum absolute atomic E-state index is 0.296. The average Bonchev–Trinajstić information content (AvgIpc) is 2.87. The Labute approximate surface area is 119 Å². The summed E-state index contributed by atoms with van der Waals surface area (Å²) in [5, 5.41) is 9.51. The second-order valence-electron chi connectivity index (χ2n) is 4.44. The molecule has 3 heterocycles. The molecule has 3 aromatic rings. The Hall–Kier alpha value is -2.90. The van der Waals surface area contributed by atoms with E-state index in [4.69, 9.17) is 4.74 Å². The van der Waals surface area contributed by atoms with Gasteiger partial charge in [0.1, 0.15) is 11.6 Å². The van der Waals surface area contributed by atoms with E-state index in [2.05, 4.69) is 25.5 Å². The summed E-state index contributed by atoms with van der Waals surface area (Å²) in [6, 6.07) is 5.46. The normalized spacial score (nSPS) is 10.8. The number of aromatic amines is 1. The first-order chi connectivity index (χ1) is 10.2. The molecule has 21 heavy (non-hydrogen) atoms. The second-order valence-corrected chi connectivity index (χ2v) is 4.44. The van der Waals surface area contributed by atoms with Crippen LogP contribution < -0.4 is 15.7 Å². The maximum atomic E-state index is 11.5. The molecule has 8 heteroatoms. The van der Waals surface area contributed by atoms with Crippen LogP contribution in [-0.4, -0.2) is 31.7 Å². The van der Waals surface area contributed by atoms with Gasteiger partial charge in [0.15, 0.2) is 5.65 Å². The quantitative estimate of drug-likeness (QED) is 0.734. The molecule has 0 fully saturated rings. The van der Waals surface area contributed by atoms with Crippen molar-refractivity contribution in [2.45, 2.75) is 13.5 Å². The van der Waals surface area contributed by atoms with Crippen LogP contribution >= 0.6 is 0 Å². The minimum Gasteiger partial charge on any atom is -0.481 e. The van der Waals surface area contributed by atoms with Gasteiger partial charge in [-0.15, -0.1) is 0 Å². The first-order valence-electron chi connectivity index (χ1n) is 6.35. The van der Waals surface area contributed by atoms with Crippen molar-refractivity contribution < 1.29 is 4.74 Å². The number of H-pyrrole nitrogens is 1. The molecule has 108 valence electrons. The van der Waals surface area contributed by atoms with E-state index in [0.29, 0.717) is 29.7 Å². The SMILES string of the molecule is COc1ncccc1CNc1cc2n[nH]c(=O)n2c(C)n1. The third kappa shape index (κ3) is 2.42. The van der Waals surface area contributed by atoms with Crippen molar-refractivity contribution in [1.29, 1.82) is 0 Å². The first kappa shape index (κ1) is 13.1. The molecular weight excluding hydrogens is 272 g/mol. The number of hydrogen-bond donors (Lipinski definition) is 2. The van der Waals surface area contributed by atoms with Crippen LogP contribution in [0.1, 0.15) is 11.4 Å². The van der Waals surface area contributed by atoms with Crippen LogP contribution in [0.5, 0.6) is 5.88 Å². The highest BCUT2D eigenvalue weighted by Gasteiger charge is 2.08. The Bertz CT molecular complexity index is 838. The van der Waals surface area contributed by atoms with Crippen molar-refractivity contribution in [3.05, 3.63) is 46.3 Å². The number of hydrogen-bond acceptors (Lipinski definition) is 6. The molecule has 0 aromatic carbocycles. The van der Waals surface area contributed by atoms with Crippen molar-refractivity contribution in [1.82, 2.24) is 24.6 Å². The summed E-state index contributed by atoms with van der Waals surface area (Å²) in [7, 11) is 1.58. The zero-order valence-electron chi connectivity index (χ0n) is 11.6. The zero-order valence-corrected chi connectivity index (χ0v) is 11.6. The number of nitrogens with zero attached hydrogens (tertiary/aromatic N) is 4. The lowest BCUT2D eigenvalue weighted by Gasteiger charge is -2.09. The van der Waals surface area contributed by atoms with Gasteiger partial charge in [0.2, 0.25) is 5.88 Å². The van der Waals surface area contributed by atoms with Crippen molar-refractivity contribution in [3.8, 4) is 5.88 Å². The molecule has 0 aliphatic heterocycles. The first-order valence-corrected chi connectivity index (χ1v) is 6.35. The third-order valence-corrected chi connectivity index (χ3v) is 3.07. The van der Waals surface area contributed by atoms with E-state index in [1.807, 2.05) is 12.1 Å². The molecule has 0 saturated heterocycles. The van der Waals surface area contributed by atoms with Crippen LogP contribution in [0.2, 0.25) is 0 Å². The number of ether oxygens (including phenoxy) is 1. The van der Waals surface area contributed by atoms with E-state index < -0.39 is 0 Å². The Morgan fingerprint density at radius 1 is 1.48 bits per heavy atom. The van der Waals surface area contributed by atoms with Gasteiger partial charge in [-0.05, 0) is 13.0 Å². The number of methoxy groups -OCH3 is 1. The van der Waals surface area contributed by atoms with Crippen molar-refractivity contribution in [2.75, 3.05) is 12.4 Å². The Kier molecular flexibility index (Phi) is 3.27. The summed E-state index contributed by atoms with van der Waals surface area (Å²) in [4.78, 5) is 20.0. The van der Waals surface area contributed by atoms with Gasteiger partial charge in [-0.25, -0.2) is 24.3 Å². The summed E-state index contributed by atoms with van der Waals surface area (Å²) < 4.78 is 6.61. The molecule has 0 radical (unpaired) electrons. The Balaban J connectivity index is 1.87. The van der Waals surface area contributed by atoms with Gasteiger partial charge in [-0.3, -0.25) is 0 Å². The molecular formula is C13H14N6O2. The molecule has 0 saturated carbocycles. The predicted octanol–water partition coefficient (Wildman–Crippen LogP) is 0.742. The Morgan fingerprint density at radius 2 is 2.33 bits per heavy atom. The van der Waals surface area contributed by atoms with E-state index in [1.165, 1.54) is 4.40 Å². The lowest BCUT2D eigenvalue weighted by Crippen LogP contribution is -2.14. The fourth-order valence-corrected chi connectivity index (χ4v) is 2.12. The third-order valence-electron chi connectivity index (χ3n) is 3.07. The summed E-state index contributed by atoms with van der Waals surface area (Å²) in [6.45, 7) is 2.26. The maximum Gasteiger partial charge on any atom is 0.349 e. The largest absolute Gasteiger partial charge is 0.481 e. The number of fused-ring (bicyclic) bond motifs is 1. The van der Waals surface area contributed by atoms with Gasteiger partial charge in [0, 0.05) is 24.4 Å². The summed E-state index contributed by atoms with van der Waals surface area (Å²) in [5.74, 6) is 1.76. The molecule has 0 spiro atoms. The van der Waals surface area contributed by atoms with Crippen LogP contribution in [0.25, 0.3) is 5.65 Å². The molecule has 0 bridgehead atoms. The monoisotopic (exact) mass is 286 g/mol. The fourth-order valence-electron chi connectivity index (χ4n) is 2.12. The molecule has 0 amide bonds. The van der Waals surface area contributed by atoms with E-state index in [0.717, 1.165) is 5.56 Å².